The molecule has 1 saturated heterocycles. The standard InChI is InChI=1S/C41H63NO11/c1-22(2)10-11-23(3)31-14-15-32-30-13-12-28-20-29(16-18-40(28,8)33(30)17-19-41(31,32)9)52-39(47)42-38-37(51-27(7)46)36(50-26(6)45)35(49-25(5)44)34(53-38)21-48-24(4)43/h12,22-23,29-38H,10-11,13-21H2,1-9H3,(H,42,47)/t23-,29+,30+,31-,32+,33+,34-,35-,36+,37-,38+,40+,41-/m1/s1. The van der Waals surface area contributed by atoms with Crippen LogP contribution in [0.1, 0.15) is 127 Å². The Morgan fingerprint density at radius 1 is 0.792 bits per heavy atom. The summed E-state index contributed by atoms with van der Waals surface area (Å²) < 4.78 is 33.6. The SMILES string of the molecule is CC(=O)OC[C@H]1O[C@H](NC(=O)O[C@H]2CC[C@@]3(C)C(=CC[C@H]4[C@@H]5CC[C@H]([C@H](C)CCC(C)C)[C@@]5(C)CC[C@@H]43)C2)[C@H](OC(C)=O)[C@@H](OC(C)=O)[C@@H]1OC(C)=O. The highest BCUT2D eigenvalue weighted by molar-refractivity contribution is 5.70. The second-order valence-corrected chi connectivity index (χ2v) is 17.5. The lowest BCUT2D eigenvalue weighted by atomic mass is 9.47. The van der Waals surface area contributed by atoms with Gasteiger partial charge in [0.25, 0.3) is 0 Å². The number of rotatable bonds is 11. The molecular formula is C41H63NO11. The van der Waals surface area contributed by atoms with Gasteiger partial charge in [0.1, 0.15) is 18.8 Å². The van der Waals surface area contributed by atoms with Crippen molar-refractivity contribution in [2.45, 2.75) is 163 Å². The smallest absolute Gasteiger partial charge is 0.409 e. The minimum atomic E-state index is -1.40. The van der Waals surface area contributed by atoms with E-state index in [2.05, 4.69) is 46.0 Å². The van der Waals surface area contributed by atoms with E-state index in [1.807, 2.05) is 0 Å². The largest absolute Gasteiger partial charge is 0.463 e. The van der Waals surface area contributed by atoms with E-state index in [0.717, 1.165) is 57.3 Å². The average Bonchev–Trinajstić information content (AvgIpc) is 3.42. The van der Waals surface area contributed by atoms with Crippen LogP contribution in [-0.4, -0.2) is 73.3 Å². The third kappa shape index (κ3) is 9.05. The van der Waals surface area contributed by atoms with E-state index in [1.165, 1.54) is 51.0 Å². The first kappa shape index (κ1) is 41.0. The number of alkyl carbamates (subject to hydrolysis) is 1. The minimum absolute atomic E-state index is 0.0712. The molecule has 0 aromatic rings. The van der Waals surface area contributed by atoms with Crippen LogP contribution >= 0.6 is 0 Å². The maximum atomic E-state index is 13.5. The van der Waals surface area contributed by atoms with Crippen LogP contribution in [-0.2, 0) is 47.6 Å². The summed E-state index contributed by atoms with van der Waals surface area (Å²) in [5.41, 5.74) is 1.85. The number of carbonyl (C=O) groups excluding carboxylic acids is 5. The van der Waals surface area contributed by atoms with Gasteiger partial charge in [-0.3, -0.25) is 24.5 Å². The zero-order valence-electron chi connectivity index (χ0n) is 33.3. The van der Waals surface area contributed by atoms with Crippen molar-refractivity contribution in [2.24, 2.45) is 46.3 Å². The molecule has 5 rings (SSSR count). The molecule has 12 nitrogen and oxygen atoms in total. The summed E-state index contributed by atoms with van der Waals surface area (Å²) in [7, 11) is 0. The summed E-state index contributed by atoms with van der Waals surface area (Å²) in [6, 6.07) is 0. The summed E-state index contributed by atoms with van der Waals surface area (Å²) >= 11 is 0. The molecule has 0 spiro atoms. The van der Waals surface area contributed by atoms with Crippen molar-refractivity contribution in [3.05, 3.63) is 11.6 Å². The van der Waals surface area contributed by atoms with Gasteiger partial charge in [0.05, 0.1) is 0 Å². The average molecular weight is 746 g/mol. The van der Waals surface area contributed by atoms with Crippen molar-refractivity contribution in [3.63, 3.8) is 0 Å². The predicted octanol–water partition coefficient (Wildman–Crippen LogP) is 6.82. The summed E-state index contributed by atoms with van der Waals surface area (Å²) in [6.07, 6.45) is 5.82. The number of hydrogen-bond acceptors (Lipinski definition) is 11. The molecule has 1 N–H and O–H groups in total. The van der Waals surface area contributed by atoms with Gasteiger partial charge in [0.15, 0.2) is 24.5 Å². The number of allylic oxidation sites excluding steroid dienone is 1. The molecule has 0 aromatic carbocycles. The molecule has 1 amide bonds. The third-order valence-electron chi connectivity index (χ3n) is 13.5. The van der Waals surface area contributed by atoms with Crippen molar-refractivity contribution >= 4 is 30.0 Å². The van der Waals surface area contributed by atoms with Gasteiger partial charge in [-0.15, -0.1) is 0 Å². The Kier molecular flexibility index (Phi) is 12.9. The first-order valence-corrected chi connectivity index (χ1v) is 19.9. The number of esters is 4. The number of hydrogen-bond donors (Lipinski definition) is 1. The fourth-order valence-corrected chi connectivity index (χ4v) is 11.1. The van der Waals surface area contributed by atoms with Gasteiger partial charge < -0.3 is 28.4 Å². The maximum Gasteiger partial charge on any atom is 0.409 e. The molecule has 298 valence electrons. The van der Waals surface area contributed by atoms with Crippen molar-refractivity contribution in [1.29, 1.82) is 0 Å². The molecular weight excluding hydrogens is 682 g/mol. The zero-order valence-corrected chi connectivity index (χ0v) is 33.3. The second-order valence-electron chi connectivity index (χ2n) is 17.5. The number of nitrogens with one attached hydrogen (secondary N) is 1. The fourth-order valence-electron chi connectivity index (χ4n) is 11.1. The molecule has 53 heavy (non-hydrogen) atoms. The molecule has 0 aromatic heterocycles. The van der Waals surface area contributed by atoms with Crippen LogP contribution in [0, 0.1) is 46.3 Å². The molecule has 0 bridgehead atoms. The van der Waals surface area contributed by atoms with Crippen LogP contribution in [0.4, 0.5) is 4.79 Å². The van der Waals surface area contributed by atoms with Crippen LogP contribution < -0.4 is 5.32 Å². The van der Waals surface area contributed by atoms with E-state index in [4.69, 9.17) is 28.4 Å². The van der Waals surface area contributed by atoms with Gasteiger partial charge in [0, 0.05) is 34.1 Å². The van der Waals surface area contributed by atoms with Crippen molar-refractivity contribution in [1.82, 2.24) is 5.32 Å². The Morgan fingerprint density at radius 3 is 2.09 bits per heavy atom. The third-order valence-corrected chi connectivity index (χ3v) is 13.5. The number of carbonyl (C=O) groups is 5. The Morgan fingerprint density at radius 2 is 1.45 bits per heavy atom. The molecule has 0 radical (unpaired) electrons. The minimum Gasteiger partial charge on any atom is -0.463 e. The van der Waals surface area contributed by atoms with E-state index < -0.39 is 60.6 Å². The van der Waals surface area contributed by atoms with Gasteiger partial charge >= 0.3 is 30.0 Å². The number of fused-ring (bicyclic) bond motifs is 5. The van der Waals surface area contributed by atoms with Gasteiger partial charge in [-0.2, -0.15) is 0 Å². The van der Waals surface area contributed by atoms with Crippen LogP contribution in [0.2, 0.25) is 0 Å². The van der Waals surface area contributed by atoms with E-state index >= 15 is 0 Å². The lowest BCUT2D eigenvalue weighted by molar-refractivity contribution is -0.256. The zero-order chi connectivity index (χ0) is 38.8. The van der Waals surface area contributed by atoms with Gasteiger partial charge in [0.2, 0.25) is 0 Å². The Labute approximate surface area is 315 Å². The molecule has 12 heteroatoms. The topological polar surface area (TPSA) is 153 Å². The summed E-state index contributed by atoms with van der Waals surface area (Å²) in [4.78, 5) is 61.6. The summed E-state index contributed by atoms with van der Waals surface area (Å²) in [5, 5.41) is 2.65. The van der Waals surface area contributed by atoms with Crippen LogP contribution in [0.5, 0.6) is 0 Å². The van der Waals surface area contributed by atoms with Gasteiger partial charge in [-0.1, -0.05) is 59.1 Å². The van der Waals surface area contributed by atoms with Crippen molar-refractivity contribution in [3.8, 4) is 0 Å². The van der Waals surface area contributed by atoms with Crippen LogP contribution in [0.3, 0.4) is 0 Å². The quantitative estimate of drug-likeness (QED) is 0.135. The molecule has 3 saturated carbocycles. The molecule has 4 aliphatic carbocycles. The molecule has 0 unspecified atom stereocenters. The monoisotopic (exact) mass is 745 g/mol. The summed E-state index contributed by atoms with van der Waals surface area (Å²) in [6.45, 7) is 16.5. The van der Waals surface area contributed by atoms with Crippen LogP contribution in [0.15, 0.2) is 11.6 Å². The first-order chi connectivity index (χ1) is 24.9. The van der Waals surface area contributed by atoms with Crippen molar-refractivity contribution < 1.29 is 52.4 Å². The molecule has 13 atom stereocenters. The summed E-state index contributed by atoms with van der Waals surface area (Å²) in [5.74, 6) is 1.52. The molecule has 4 fully saturated rings. The lowest BCUT2D eigenvalue weighted by Gasteiger charge is -2.58. The first-order valence-electron chi connectivity index (χ1n) is 19.9. The molecule has 5 aliphatic rings. The van der Waals surface area contributed by atoms with E-state index in [9.17, 15) is 24.0 Å². The molecule has 1 aliphatic heterocycles. The van der Waals surface area contributed by atoms with Crippen LogP contribution in [0.25, 0.3) is 0 Å². The van der Waals surface area contributed by atoms with E-state index in [1.54, 1.807) is 0 Å². The predicted molar refractivity (Wildman–Crippen MR) is 194 cm³/mol. The Balaban J connectivity index is 1.27. The Bertz CT molecular complexity index is 1410. The highest BCUT2D eigenvalue weighted by Gasteiger charge is 2.59. The second kappa shape index (κ2) is 16.7. The number of amides is 1. The van der Waals surface area contributed by atoms with Gasteiger partial charge in [-0.05, 0) is 91.3 Å². The lowest BCUT2D eigenvalue weighted by Crippen LogP contribution is -2.66. The molecule has 1 heterocycles. The van der Waals surface area contributed by atoms with Gasteiger partial charge in [-0.25, -0.2) is 4.79 Å². The highest BCUT2D eigenvalue weighted by atomic mass is 16.7. The maximum absolute atomic E-state index is 13.5. The number of ether oxygens (including phenoxy) is 6. The van der Waals surface area contributed by atoms with E-state index in [-0.39, 0.29) is 18.1 Å². The normalized spacial score (nSPS) is 38.2. The Hall–Kier alpha value is -3.15. The fraction of sp³-hybridized carbons (Fsp3) is 0.829. The van der Waals surface area contributed by atoms with E-state index in [0.29, 0.717) is 30.1 Å². The van der Waals surface area contributed by atoms with Crippen molar-refractivity contribution in [2.75, 3.05) is 6.61 Å². The highest BCUT2D eigenvalue weighted by Crippen LogP contribution is 2.67.